The highest BCUT2D eigenvalue weighted by Crippen LogP contribution is 2.27. The fourth-order valence-electron chi connectivity index (χ4n) is 2.18. The van der Waals surface area contributed by atoms with Gasteiger partial charge in [0, 0.05) is 12.6 Å². The van der Waals surface area contributed by atoms with Crippen LogP contribution < -0.4 is 20.7 Å². The monoisotopic (exact) mass is 375 g/mol. The number of anilines is 2. The molecule has 7 nitrogen and oxygen atoms in total. The minimum Gasteiger partial charge on any atom is -0.495 e. The number of amides is 3. The van der Waals surface area contributed by atoms with Crippen molar-refractivity contribution >= 4 is 40.7 Å². The van der Waals surface area contributed by atoms with Gasteiger partial charge < -0.3 is 20.7 Å². The number of ether oxygens (including phenoxy) is 1. The van der Waals surface area contributed by atoms with Gasteiger partial charge in [0.15, 0.2) is 0 Å². The maximum atomic E-state index is 12.1. The van der Waals surface area contributed by atoms with Gasteiger partial charge in [-0.1, -0.05) is 23.7 Å². The number of hydrogen-bond acceptors (Lipinski definition) is 4. The van der Waals surface area contributed by atoms with Crippen molar-refractivity contribution in [2.75, 3.05) is 24.3 Å². The topological polar surface area (TPSA) is 96.5 Å². The Morgan fingerprint density at radius 3 is 2.46 bits per heavy atom. The van der Waals surface area contributed by atoms with E-state index < -0.39 is 11.8 Å². The zero-order valence-electron chi connectivity index (χ0n) is 14.3. The summed E-state index contributed by atoms with van der Waals surface area (Å²) in [7, 11) is 1.46. The van der Waals surface area contributed by atoms with E-state index in [1.807, 2.05) is 0 Å². The number of rotatable bonds is 6. The fourth-order valence-corrected chi connectivity index (χ4v) is 2.40. The molecule has 0 aliphatic carbocycles. The van der Waals surface area contributed by atoms with Gasteiger partial charge in [-0.2, -0.15) is 0 Å². The Morgan fingerprint density at radius 2 is 1.81 bits per heavy atom. The molecule has 0 heterocycles. The van der Waals surface area contributed by atoms with Gasteiger partial charge in [-0.15, -0.1) is 0 Å². The Morgan fingerprint density at radius 1 is 1.08 bits per heavy atom. The van der Waals surface area contributed by atoms with Crippen molar-refractivity contribution in [3.8, 4) is 5.75 Å². The number of nitrogens with one attached hydrogen (secondary N) is 3. The predicted molar refractivity (Wildman–Crippen MR) is 99.7 cm³/mol. The summed E-state index contributed by atoms with van der Waals surface area (Å²) in [6.45, 7) is 1.13. The molecule has 3 N–H and O–H groups in total. The second-order valence-corrected chi connectivity index (χ2v) is 5.71. The van der Waals surface area contributed by atoms with E-state index in [1.54, 1.807) is 42.5 Å². The highest BCUT2D eigenvalue weighted by molar-refractivity contribution is 6.33. The average Bonchev–Trinajstić information content (AvgIpc) is 2.60. The van der Waals surface area contributed by atoms with Crippen LogP contribution in [0.15, 0.2) is 42.5 Å². The number of carbonyl (C=O) groups is 3. The quantitative estimate of drug-likeness (QED) is 0.723. The Hall–Kier alpha value is -3.06. The van der Waals surface area contributed by atoms with Crippen LogP contribution in [-0.4, -0.2) is 31.4 Å². The van der Waals surface area contributed by atoms with Crippen LogP contribution in [0.1, 0.15) is 17.3 Å². The van der Waals surface area contributed by atoms with Crippen molar-refractivity contribution in [3.05, 3.63) is 53.1 Å². The molecule has 3 amide bonds. The van der Waals surface area contributed by atoms with Gasteiger partial charge >= 0.3 is 0 Å². The molecule has 0 unspecified atom stereocenters. The van der Waals surface area contributed by atoms with Crippen LogP contribution in [0.4, 0.5) is 11.4 Å². The second kappa shape index (κ2) is 8.87. The molecule has 0 aromatic heterocycles. The Balaban J connectivity index is 2.02. The zero-order chi connectivity index (χ0) is 19.1. The van der Waals surface area contributed by atoms with Crippen molar-refractivity contribution in [3.63, 3.8) is 0 Å². The van der Waals surface area contributed by atoms with Gasteiger partial charge in [0.05, 0.1) is 29.9 Å². The maximum Gasteiger partial charge on any atom is 0.253 e. The molecule has 0 aliphatic rings. The zero-order valence-corrected chi connectivity index (χ0v) is 15.0. The summed E-state index contributed by atoms with van der Waals surface area (Å²) >= 11 is 5.95. The molecule has 0 saturated carbocycles. The summed E-state index contributed by atoms with van der Waals surface area (Å²) < 4.78 is 5.18. The molecule has 0 saturated heterocycles. The molecule has 0 atom stereocenters. The third kappa shape index (κ3) is 5.22. The van der Waals surface area contributed by atoms with Gasteiger partial charge in [0.25, 0.3) is 5.91 Å². The predicted octanol–water partition coefficient (Wildman–Crippen LogP) is 2.68. The van der Waals surface area contributed by atoms with Gasteiger partial charge in [-0.25, -0.2) is 0 Å². The molecule has 0 aliphatic heterocycles. The second-order valence-electron chi connectivity index (χ2n) is 5.31. The van der Waals surface area contributed by atoms with Gasteiger partial charge in [-0.05, 0) is 30.3 Å². The summed E-state index contributed by atoms with van der Waals surface area (Å²) in [5, 5.41) is 8.05. The largest absolute Gasteiger partial charge is 0.495 e. The number of hydrogen-bond donors (Lipinski definition) is 3. The minimum atomic E-state index is -0.455. The fraction of sp³-hybridized carbons (Fsp3) is 0.167. The smallest absolute Gasteiger partial charge is 0.253 e. The molecule has 2 aromatic carbocycles. The molecule has 26 heavy (non-hydrogen) atoms. The highest BCUT2D eigenvalue weighted by Gasteiger charge is 2.13. The third-order valence-electron chi connectivity index (χ3n) is 3.32. The third-order valence-corrected chi connectivity index (χ3v) is 3.65. The molecular formula is C18H18ClN3O4. The number of methoxy groups -OCH3 is 1. The highest BCUT2D eigenvalue weighted by atomic mass is 35.5. The van der Waals surface area contributed by atoms with Crippen molar-refractivity contribution in [2.45, 2.75) is 6.92 Å². The average molecular weight is 376 g/mol. The Kier molecular flexibility index (Phi) is 6.57. The minimum absolute atomic E-state index is 0.237. The van der Waals surface area contributed by atoms with Crippen LogP contribution >= 0.6 is 11.6 Å². The number of carbonyl (C=O) groups excluding carboxylic acids is 3. The van der Waals surface area contributed by atoms with Crippen LogP contribution in [0.2, 0.25) is 5.02 Å². The van der Waals surface area contributed by atoms with Crippen LogP contribution in [0, 0.1) is 0 Å². The molecule has 0 spiro atoms. The summed E-state index contributed by atoms with van der Waals surface area (Å²) in [5.41, 5.74) is 1.16. The lowest BCUT2D eigenvalue weighted by atomic mass is 10.2. The van der Waals surface area contributed by atoms with E-state index in [-0.39, 0.29) is 18.0 Å². The number of halogens is 1. The van der Waals surface area contributed by atoms with Crippen molar-refractivity contribution in [2.24, 2.45) is 0 Å². The summed E-state index contributed by atoms with van der Waals surface area (Å²) in [4.78, 5) is 35.4. The lowest BCUT2D eigenvalue weighted by Crippen LogP contribution is -2.33. The lowest BCUT2D eigenvalue weighted by molar-refractivity contribution is -0.115. The molecule has 8 heteroatoms. The SMILES string of the molecule is COc1ccc(NC(C)=O)cc1NC(=O)CNC(=O)c1ccccc1Cl. The van der Waals surface area contributed by atoms with E-state index in [0.717, 1.165) is 0 Å². The van der Waals surface area contributed by atoms with Crippen molar-refractivity contribution < 1.29 is 19.1 Å². The summed E-state index contributed by atoms with van der Waals surface area (Å²) in [6.07, 6.45) is 0. The van der Waals surface area contributed by atoms with Gasteiger partial charge in [-0.3, -0.25) is 14.4 Å². The molecule has 0 bridgehead atoms. The van der Waals surface area contributed by atoms with Gasteiger partial charge in [0.1, 0.15) is 5.75 Å². The maximum absolute atomic E-state index is 12.1. The Labute approximate surface area is 155 Å². The molecule has 2 aromatic rings. The first-order valence-electron chi connectivity index (χ1n) is 7.69. The normalized spacial score (nSPS) is 9.96. The van der Waals surface area contributed by atoms with E-state index in [4.69, 9.17) is 16.3 Å². The molecule has 0 radical (unpaired) electrons. The summed E-state index contributed by atoms with van der Waals surface area (Å²) in [5.74, 6) is -0.724. The molecule has 136 valence electrons. The number of benzene rings is 2. The van der Waals surface area contributed by atoms with E-state index in [9.17, 15) is 14.4 Å². The van der Waals surface area contributed by atoms with E-state index >= 15 is 0 Å². The van der Waals surface area contributed by atoms with Crippen LogP contribution in [0.5, 0.6) is 5.75 Å². The first-order chi connectivity index (χ1) is 12.4. The van der Waals surface area contributed by atoms with Crippen molar-refractivity contribution in [1.29, 1.82) is 0 Å². The van der Waals surface area contributed by atoms with Crippen molar-refractivity contribution in [1.82, 2.24) is 5.32 Å². The summed E-state index contributed by atoms with van der Waals surface area (Å²) in [6, 6.07) is 11.4. The Bertz CT molecular complexity index is 839. The van der Waals surface area contributed by atoms with Crippen LogP contribution in [0.25, 0.3) is 0 Å². The first kappa shape index (κ1) is 19.3. The van der Waals surface area contributed by atoms with E-state index in [2.05, 4.69) is 16.0 Å². The standard InChI is InChI=1S/C18H18ClN3O4/c1-11(23)21-12-7-8-16(26-2)15(9-12)22-17(24)10-20-18(25)13-5-3-4-6-14(13)19/h3-9H,10H2,1-2H3,(H,20,25)(H,21,23)(H,22,24). The van der Waals surface area contributed by atoms with Crippen LogP contribution in [-0.2, 0) is 9.59 Å². The van der Waals surface area contributed by atoms with E-state index in [0.29, 0.717) is 22.1 Å². The first-order valence-corrected chi connectivity index (χ1v) is 8.06. The molecule has 0 fully saturated rings. The molecule has 2 rings (SSSR count). The molecular weight excluding hydrogens is 358 g/mol. The van der Waals surface area contributed by atoms with E-state index in [1.165, 1.54) is 14.0 Å². The van der Waals surface area contributed by atoms with Crippen LogP contribution in [0.3, 0.4) is 0 Å². The van der Waals surface area contributed by atoms with Gasteiger partial charge in [0.2, 0.25) is 11.8 Å². The lowest BCUT2D eigenvalue weighted by Gasteiger charge is -2.13.